The fourth-order valence-corrected chi connectivity index (χ4v) is 4.91. The molecule has 2 aromatic heterocycles. The van der Waals surface area contributed by atoms with Crippen LogP contribution in [-0.4, -0.2) is 20.6 Å². The van der Waals surface area contributed by atoms with Gasteiger partial charge in [0.25, 0.3) is 5.91 Å². The summed E-state index contributed by atoms with van der Waals surface area (Å²) in [6.45, 7) is 0.440. The van der Waals surface area contributed by atoms with Crippen molar-refractivity contribution in [1.82, 2.24) is 9.55 Å². The zero-order chi connectivity index (χ0) is 25.2. The third kappa shape index (κ3) is 4.19. The molecule has 0 saturated carbocycles. The Labute approximate surface area is 213 Å². The Hall–Kier alpha value is -4.97. The van der Waals surface area contributed by atoms with Crippen molar-refractivity contribution in [2.24, 2.45) is 10.2 Å². The quantitative estimate of drug-likeness (QED) is 0.236. The molecule has 0 aliphatic rings. The van der Waals surface area contributed by atoms with Crippen LogP contribution in [-0.2, 0) is 11.3 Å². The number of H-pyrrole nitrogens is 1. The van der Waals surface area contributed by atoms with Gasteiger partial charge in [0, 0.05) is 34.8 Å². The number of fused-ring (bicyclic) bond motifs is 2. The van der Waals surface area contributed by atoms with Crippen LogP contribution in [0.25, 0.3) is 44.2 Å². The maximum Gasteiger partial charge on any atom is 0.266 e. The third-order valence-corrected chi connectivity index (χ3v) is 6.55. The summed E-state index contributed by atoms with van der Waals surface area (Å²) in [7, 11) is 0. The Morgan fingerprint density at radius 3 is 2.14 bits per heavy atom. The minimum absolute atomic E-state index is 0.104. The molecule has 0 bridgehead atoms. The van der Waals surface area contributed by atoms with Gasteiger partial charge in [0.05, 0.1) is 11.2 Å². The number of benzene rings is 4. The molecule has 0 fully saturated rings. The average Bonchev–Trinajstić information content (AvgIpc) is 3.45. The molecule has 4 aromatic carbocycles. The lowest BCUT2D eigenvalue weighted by Crippen LogP contribution is -2.05. The van der Waals surface area contributed by atoms with Crippen LogP contribution in [0.15, 0.2) is 119 Å². The molecule has 1 amide bonds. The summed E-state index contributed by atoms with van der Waals surface area (Å²) in [5.74, 6) is -0.462. The zero-order valence-corrected chi connectivity index (χ0v) is 20.0. The number of carbonyl (C=O) groups excluding carboxylic acids is 1. The van der Waals surface area contributed by atoms with Crippen molar-refractivity contribution in [2.45, 2.75) is 13.0 Å². The van der Waals surface area contributed by atoms with Crippen LogP contribution in [0.4, 0.5) is 5.69 Å². The van der Waals surface area contributed by atoms with E-state index in [0.717, 1.165) is 38.8 Å². The van der Waals surface area contributed by atoms with Gasteiger partial charge in [-0.15, -0.1) is 10.2 Å². The molecule has 0 atom stereocenters. The number of aromatic hydroxyl groups is 1. The predicted molar refractivity (Wildman–Crippen MR) is 147 cm³/mol. The van der Waals surface area contributed by atoms with E-state index >= 15 is 0 Å². The Bertz CT molecular complexity index is 1750. The van der Waals surface area contributed by atoms with Crippen LogP contribution in [0.1, 0.15) is 6.42 Å². The van der Waals surface area contributed by atoms with Gasteiger partial charge in [-0.1, -0.05) is 97.1 Å². The predicted octanol–water partition coefficient (Wildman–Crippen LogP) is 7.86. The van der Waals surface area contributed by atoms with E-state index in [1.54, 1.807) is 0 Å². The molecule has 0 unspecified atom stereocenters. The number of carbonyl (C=O) groups is 1. The van der Waals surface area contributed by atoms with Gasteiger partial charge in [0.2, 0.25) is 5.88 Å². The number of aryl methyl sites for hydroxylation is 1. The van der Waals surface area contributed by atoms with Crippen molar-refractivity contribution in [1.29, 1.82) is 0 Å². The first kappa shape index (κ1) is 22.5. The van der Waals surface area contributed by atoms with E-state index in [1.807, 2.05) is 72.8 Å². The molecular weight excluding hydrogens is 460 g/mol. The molecular formula is C31H24N4O2. The highest BCUT2D eigenvalue weighted by atomic mass is 16.3. The minimum Gasteiger partial charge on any atom is -0.493 e. The van der Waals surface area contributed by atoms with Gasteiger partial charge in [-0.2, -0.15) is 0 Å². The van der Waals surface area contributed by atoms with E-state index in [4.69, 9.17) is 0 Å². The van der Waals surface area contributed by atoms with Gasteiger partial charge in [0.1, 0.15) is 0 Å². The second-order valence-electron chi connectivity index (χ2n) is 8.84. The second-order valence-corrected chi connectivity index (χ2v) is 8.84. The normalized spacial score (nSPS) is 11.6. The summed E-state index contributed by atoms with van der Waals surface area (Å²) in [5.41, 5.74) is 6.46. The largest absolute Gasteiger partial charge is 0.493 e. The number of rotatable bonds is 6. The highest BCUT2D eigenvalue weighted by molar-refractivity contribution is 6.04. The van der Waals surface area contributed by atoms with E-state index in [0.29, 0.717) is 11.9 Å². The Morgan fingerprint density at radius 1 is 0.757 bits per heavy atom. The van der Waals surface area contributed by atoms with Crippen LogP contribution in [0.2, 0.25) is 0 Å². The smallest absolute Gasteiger partial charge is 0.266 e. The standard InChI is InChI=1S/C31H24N4O2/c36-27(33-34-29-23-15-7-9-17-25(23)32-31(29)37)19-20-35-26-18-10-8-16-24(26)28(21-11-3-1-4-12-21)30(35)22-13-5-2-6-14-22/h1-18,32,37H,19-20H2. The van der Waals surface area contributed by atoms with Crippen molar-refractivity contribution < 1.29 is 9.90 Å². The molecule has 6 heteroatoms. The lowest BCUT2D eigenvalue weighted by molar-refractivity contribution is -0.118. The number of aromatic nitrogens is 2. The van der Waals surface area contributed by atoms with Crippen molar-refractivity contribution in [3.63, 3.8) is 0 Å². The number of hydrogen-bond donors (Lipinski definition) is 2. The third-order valence-electron chi connectivity index (χ3n) is 6.55. The monoisotopic (exact) mass is 484 g/mol. The molecule has 0 spiro atoms. The van der Waals surface area contributed by atoms with E-state index in [1.165, 1.54) is 0 Å². The van der Waals surface area contributed by atoms with Gasteiger partial charge < -0.3 is 14.7 Å². The van der Waals surface area contributed by atoms with Crippen molar-refractivity contribution >= 4 is 33.4 Å². The summed E-state index contributed by atoms with van der Waals surface area (Å²) in [6.07, 6.45) is 0.166. The first-order valence-corrected chi connectivity index (χ1v) is 12.2. The lowest BCUT2D eigenvalue weighted by atomic mass is 9.98. The molecule has 0 saturated heterocycles. The van der Waals surface area contributed by atoms with Gasteiger partial charge >= 0.3 is 0 Å². The lowest BCUT2D eigenvalue weighted by Gasteiger charge is -2.12. The highest BCUT2D eigenvalue weighted by Crippen LogP contribution is 2.41. The topological polar surface area (TPSA) is 82.7 Å². The SMILES string of the molecule is O=C(CCn1c(-c2ccccc2)c(-c2ccccc2)c2ccccc21)N=Nc1c(O)[nH]c2ccccc12. The minimum atomic E-state index is -0.359. The maximum atomic E-state index is 12.9. The molecule has 2 N–H and O–H groups in total. The first-order valence-electron chi connectivity index (χ1n) is 12.2. The van der Waals surface area contributed by atoms with Gasteiger partial charge in [-0.3, -0.25) is 4.79 Å². The average molecular weight is 485 g/mol. The van der Waals surface area contributed by atoms with Gasteiger partial charge in [0.15, 0.2) is 5.69 Å². The fourth-order valence-electron chi connectivity index (χ4n) is 4.91. The Balaban J connectivity index is 1.38. The fraction of sp³-hybridized carbons (Fsp3) is 0.0645. The molecule has 0 aliphatic carbocycles. The van der Waals surface area contributed by atoms with Gasteiger partial charge in [-0.25, -0.2) is 0 Å². The highest BCUT2D eigenvalue weighted by Gasteiger charge is 2.20. The molecule has 6 aromatic rings. The number of nitrogens with one attached hydrogen (secondary N) is 1. The number of amides is 1. The van der Waals surface area contributed by atoms with Crippen molar-refractivity contribution in [3.8, 4) is 28.3 Å². The van der Waals surface area contributed by atoms with Gasteiger partial charge in [-0.05, 0) is 23.3 Å². The van der Waals surface area contributed by atoms with Crippen molar-refractivity contribution in [3.05, 3.63) is 109 Å². The molecule has 6 rings (SSSR count). The summed E-state index contributed by atoms with van der Waals surface area (Å²) in [6, 6.07) is 36.2. The maximum absolute atomic E-state index is 12.9. The zero-order valence-electron chi connectivity index (χ0n) is 20.0. The molecule has 180 valence electrons. The van der Waals surface area contributed by atoms with E-state index in [2.05, 4.69) is 56.2 Å². The van der Waals surface area contributed by atoms with E-state index in [9.17, 15) is 9.90 Å². The number of para-hydroxylation sites is 2. The number of nitrogens with zero attached hydrogens (tertiary/aromatic N) is 3. The second kappa shape index (κ2) is 9.59. The molecule has 2 heterocycles. The van der Waals surface area contributed by atoms with Crippen LogP contribution in [0, 0.1) is 0 Å². The van der Waals surface area contributed by atoms with Crippen LogP contribution in [0.3, 0.4) is 0 Å². The molecule has 0 radical (unpaired) electrons. The summed E-state index contributed by atoms with van der Waals surface area (Å²) in [4.78, 5) is 15.7. The first-order chi connectivity index (χ1) is 18.2. The summed E-state index contributed by atoms with van der Waals surface area (Å²) in [5, 5.41) is 20.1. The number of azo groups is 1. The summed E-state index contributed by atoms with van der Waals surface area (Å²) >= 11 is 0. The van der Waals surface area contributed by atoms with E-state index in [-0.39, 0.29) is 23.9 Å². The number of aromatic amines is 1. The Morgan fingerprint density at radius 2 is 1.38 bits per heavy atom. The molecule has 0 aliphatic heterocycles. The summed E-state index contributed by atoms with van der Waals surface area (Å²) < 4.78 is 2.20. The van der Waals surface area contributed by atoms with Crippen molar-refractivity contribution in [2.75, 3.05) is 0 Å². The molecule has 37 heavy (non-hydrogen) atoms. The Kier molecular flexibility index (Phi) is 5.83. The van der Waals surface area contributed by atoms with Crippen LogP contribution >= 0.6 is 0 Å². The molecule has 6 nitrogen and oxygen atoms in total. The van der Waals surface area contributed by atoms with Crippen LogP contribution < -0.4 is 0 Å². The van der Waals surface area contributed by atoms with Crippen LogP contribution in [0.5, 0.6) is 5.88 Å². The van der Waals surface area contributed by atoms with E-state index < -0.39 is 0 Å². The number of hydrogen-bond acceptors (Lipinski definition) is 3.